The van der Waals surface area contributed by atoms with E-state index in [4.69, 9.17) is 14.6 Å². The summed E-state index contributed by atoms with van der Waals surface area (Å²) in [7, 11) is 1.39. The van der Waals surface area contributed by atoms with Gasteiger partial charge in [0.05, 0.1) is 5.67 Å². The van der Waals surface area contributed by atoms with E-state index in [1.54, 1.807) is 14.2 Å². The van der Waals surface area contributed by atoms with Gasteiger partial charge in [-0.25, -0.2) is 4.79 Å². The van der Waals surface area contributed by atoms with Gasteiger partial charge in [-0.3, -0.25) is 0 Å². The number of urea groups is 1. The van der Waals surface area contributed by atoms with E-state index in [1.807, 2.05) is 6.92 Å². The zero-order valence-corrected chi connectivity index (χ0v) is 9.53. The maximum absolute atomic E-state index is 10.6. The highest BCUT2D eigenvalue weighted by atomic mass is 28.3. The number of amides is 2. The molecule has 0 saturated carbocycles. The van der Waals surface area contributed by atoms with Crippen molar-refractivity contribution in [3.8, 4) is 0 Å². The molecule has 0 bridgehead atoms. The Labute approximate surface area is 80.4 Å². The van der Waals surface area contributed by atoms with Gasteiger partial charge in [0.2, 0.25) is 0 Å². The van der Waals surface area contributed by atoms with Crippen molar-refractivity contribution in [3.05, 3.63) is 0 Å². The summed E-state index contributed by atoms with van der Waals surface area (Å²) in [5.74, 6) is 0. The molecular formula is C7H18N2O3Si. The van der Waals surface area contributed by atoms with Crippen LogP contribution in [0, 0.1) is 0 Å². The summed E-state index contributed by atoms with van der Waals surface area (Å²) in [6.45, 7) is 2.03. The van der Waals surface area contributed by atoms with Crippen LogP contribution in [-0.2, 0) is 8.85 Å². The lowest BCUT2D eigenvalue weighted by molar-refractivity contribution is 0.234. The number of carbonyl (C=O) groups is 1. The average Bonchev–Trinajstić information content (AvgIpc) is 2.05. The molecule has 0 aromatic heterocycles. The second-order valence-corrected chi connectivity index (χ2v) is 5.23. The van der Waals surface area contributed by atoms with Crippen LogP contribution >= 0.6 is 0 Å². The van der Waals surface area contributed by atoms with Crippen molar-refractivity contribution in [2.45, 2.75) is 25.4 Å². The van der Waals surface area contributed by atoms with Gasteiger partial charge < -0.3 is 19.9 Å². The summed E-state index contributed by atoms with van der Waals surface area (Å²) >= 11 is 0. The van der Waals surface area contributed by atoms with Gasteiger partial charge in [-0.2, -0.15) is 0 Å². The van der Waals surface area contributed by atoms with Crippen molar-refractivity contribution < 1.29 is 13.6 Å². The van der Waals surface area contributed by atoms with E-state index >= 15 is 0 Å². The lowest BCUT2D eigenvalue weighted by Crippen LogP contribution is -2.50. The third-order valence-electron chi connectivity index (χ3n) is 1.72. The van der Waals surface area contributed by atoms with Gasteiger partial charge in [-0.15, -0.1) is 0 Å². The Hall–Kier alpha value is -0.593. The van der Waals surface area contributed by atoms with Crippen LogP contribution in [0.25, 0.3) is 0 Å². The van der Waals surface area contributed by atoms with Crippen LogP contribution in [0.15, 0.2) is 0 Å². The second-order valence-electron chi connectivity index (χ2n) is 2.74. The molecule has 78 valence electrons. The number of hydrogen-bond acceptors (Lipinski definition) is 3. The van der Waals surface area contributed by atoms with Crippen molar-refractivity contribution in [1.29, 1.82) is 0 Å². The number of carbonyl (C=O) groups excluding carboxylic acids is 1. The third kappa shape index (κ3) is 4.86. The van der Waals surface area contributed by atoms with Gasteiger partial charge in [0, 0.05) is 14.2 Å². The van der Waals surface area contributed by atoms with Crippen LogP contribution in [0.5, 0.6) is 0 Å². The SMILES string of the molecule is CCCC(NC(N)=O)[SiH](OC)OC. The first kappa shape index (κ1) is 12.4. The molecule has 0 fully saturated rings. The summed E-state index contributed by atoms with van der Waals surface area (Å²) < 4.78 is 10.3. The highest BCUT2D eigenvalue weighted by molar-refractivity contribution is 6.46. The Bertz CT molecular complexity index is 153. The van der Waals surface area contributed by atoms with Crippen LogP contribution < -0.4 is 11.1 Å². The molecule has 6 heteroatoms. The van der Waals surface area contributed by atoms with Crippen LogP contribution in [0.3, 0.4) is 0 Å². The molecule has 5 nitrogen and oxygen atoms in total. The predicted molar refractivity (Wildman–Crippen MR) is 52.6 cm³/mol. The molecule has 3 N–H and O–H groups in total. The smallest absolute Gasteiger partial charge is 0.344 e. The molecule has 0 aliphatic carbocycles. The van der Waals surface area contributed by atoms with Crippen LogP contribution in [0.1, 0.15) is 19.8 Å². The molecule has 0 spiro atoms. The zero-order chi connectivity index (χ0) is 10.3. The molecule has 0 heterocycles. The minimum atomic E-state index is -1.79. The van der Waals surface area contributed by atoms with Crippen molar-refractivity contribution in [2.24, 2.45) is 5.73 Å². The molecule has 0 aromatic carbocycles. The van der Waals surface area contributed by atoms with Gasteiger partial charge in [-0.05, 0) is 6.42 Å². The van der Waals surface area contributed by atoms with Crippen LogP contribution in [0.4, 0.5) is 4.79 Å². The van der Waals surface area contributed by atoms with Gasteiger partial charge >= 0.3 is 15.3 Å². The van der Waals surface area contributed by atoms with E-state index in [0.717, 1.165) is 12.8 Å². The quantitative estimate of drug-likeness (QED) is 0.595. The molecule has 0 aliphatic rings. The number of rotatable bonds is 6. The average molecular weight is 206 g/mol. The molecule has 13 heavy (non-hydrogen) atoms. The largest absolute Gasteiger partial charge is 0.399 e. The minimum absolute atomic E-state index is 0.0440. The van der Waals surface area contributed by atoms with E-state index in [-0.39, 0.29) is 5.67 Å². The molecule has 1 atom stereocenters. The summed E-state index contributed by atoms with van der Waals surface area (Å²) in [6.07, 6.45) is 1.79. The van der Waals surface area contributed by atoms with E-state index in [2.05, 4.69) is 5.32 Å². The lowest BCUT2D eigenvalue weighted by Gasteiger charge is -2.22. The topological polar surface area (TPSA) is 73.6 Å². The fourth-order valence-corrected chi connectivity index (χ4v) is 2.95. The molecule has 0 rings (SSSR count). The molecular weight excluding hydrogens is 188 g/mol. The normalized spacial score (nSPS) is 12.9. The van der Waals surface area contributed by atoms with Gasteiger partial charge in [0.1, 0.15) is 0 Å². The van der Waals surface area contributed by atoms with E-state index < -0.39 is 15.3 Å². The zero-order valence-electron chi connectivity index (χ0n) is 8.37. The lowest BCUT2D eigenvalue weighted by atomic mass is 10.3. The minimum Gasteiger partial charge on any atom is -0.399 e. The van der Waals surface area contributed by atoms with Crippen molar-refractivity contribution >= 4 is 15.3 Å². The predicted octanol–water partition coefficient (Wildman–Crippen LogP) is -0.124. The summed E-state index contributed by atoms with van der Waals surface area (Å²) in [5, 5.41) is 2.63. The van der Waals surface area contributed by atoms with Gasteiger partial charge in [-0.1, -0.05) is 13.3 Å². The van der Waals surface area contributed by atoms with E-state index in [9.17, 15) is 4.79 Å². The Morgan fingerprint density at radius 2 is 2.08 bits per heavy atom. The van der Waals surface area contributed by atoms with Gasteiger partial charge in [0.15, 0.2) is 0 Å². The van der Waals surface area contributed by atoms with E-state index in [0.29, 0.717) is 0 Å². The number of hydrogen-bond donors (Lipinski definition) is 2. The molecule has 0 aliphatic heterocycles. The first-order valence-electron chi connectivity index (χ1n) is 4.27. The molecule has 1 unspecified atom stereocenters. The van der Waals surface area contributed by atoms with Gasteiger partial charge in [0.25, 0.3) is 0 Å². The molecule has 2 amide bonds. The van der Waals surface area contributed by atoms with Crippen molar-refractivity contribution in [1.82, 2.24) is 5.32 Å². The Morgan fingerprint density at radius 3 is 2.38 bits per heavy atom. The Balaban J connectivity index is 4.11. The second kappa shape index (κ2) is 6.87. The maximum atomic E-state index is 10.6. The summed E-state index contributed by atoms with van der Waals surface area (Å²) in [5.41, 5.74) is 4.99. The molecule has 0 aromatic rings. The van der Waals surface area contributed by atoms with Crippen molar-refractivity contribution in [2.75, 3.05) is 14.2 Å². The number of nitrogens with one attached hydrogen (secondary N) is 1. The standard InChI is InChI=1S/C7H18N2O3Si/c1-4-5-6(9-7(8)10)13(11-2)12-3/h6,13H,4-5H2,1-3H3,(H3,8,9,10). The first-order valence-corrected chi connectivity index (χ1v) is 5.88. The van der Waals surface area contributed by atoms with E-state index in [1.165, 1.54) is 0 Å². The van der Waals surface area contributed by atoms with Crippen LogP contribution in [0.2, 0.25) is 0 Å². The van der Waals surface area contributed by atoms with Crippen molar-refractivity contribution in [3.63, 3.8) is 0 Å². The third-order valence-corrected chi connectivity index (χ3v) is 3.81. The molecule has 0 radical (unpaired) electrons. The number of primary amides is 1. The van der Waals surface area contributed by atoms with Crippen LogP contribution in [-0.4, -0.2) is 35.2 Å². The fraction of sp³-hybridized carbons (Fsp3) is 0.857. The maximum Gasteiger partial charge on any atom is 0.344 e. The summed E-state index contributed by atoms with van der Waals surface area (Å²) in [4.78, 5) is 10.6. The Kier molecular flexibility index (Phi) is 6.56. The first-order chi connectivity index (χ1) is 6.15. The molecule has 0 saturated heterocycles. The Morgan fingerprint density at radius 1 is 1.54 bits per heavy atom. The number of nitrogens with two attached hydrogens (primary N) is 1. The monoisotopic (exact) mass is 206 g/mol. The summed E-state index contributed by atoms with van der Waals surface area (Å²) in [6, 6.07) is -0.523. The highest BCUT2D eigenvalue weighted by Gasteiger charge is 2.24. The fourth-order valence-electron chi connectivity index (χ4n) is 1.19. The highest BCUT2D eigenvalue weighted by Crippen LogP contribution is 2.02.